The Kier molecular flexibility index (Phi) is 17.2. The summed E-state index contributed by atoms with van der Waals surface area (Å²) in [6, 6.07) is 5.68. The van der Waals surface area contributed by atoms with Crippen LogP contribution >= 0.6 is 23.5 Å². The Balaban J connectivity index is 2.53. The van der Waals surface area contributed by atoms with Crippen LogP contribution in [-0.2, 0) is 35.5 Å². The van der Waals surface area contributed by atoms with Crippen LogP contribution in [0.5, 0.6) is 0 Å². The van der Waals surface area contributed by atoms with Crippen molar-refractivity contribution in [1.29, 1.82) is 0 Å². The molecule has 5 amide bonds. The Morgan fingerprint density at radius 3 is 1.93 bits per heavy atom. The number of carbonyl (C=O) groups excluding carboxylic acids is 5. The molecule has 41 heavy (non-hydrogen) atoms. The minimum atomic E-state index is -0.861. The van der Waals surface area contributed by atoms with Gasteiger partial charge < -0.3 is 27.4 Å². The molecule has 0 fully saturated rings. The summed E-state index contributed by atoms with van der Waals surface area (Å²) in [5, 5.41) is 8.12. The van der Waals surface area contributed by atoms with E-state index in [4.69, 9.17) is 11.5 Å². The summed E-state index contributed by atoms with van der Waals surface area (Å²) < 4.78 is 0. The molecule has 0 aromatic heterocycles. The van der Waals surface area contributed by atoms with Gasteiger partial charge in [-0.15, -0.1) is 0 Å². The molecular weight excluding hydrogens is 562 g/mol. The molecule has 230 valence electrons. The summed E-state index contributed by atoms with van der Waals surface area (Å²) in [4.78, 5) is 61.0. The summed E-state index contributed by atoms with van der Waals surface area (Å²) >= 11 is 3.29. The predicted molar refractivity (Wildman–Crippen MR) is 167 cm³/mol. The Hall–Kier alpha value is -2.73. The molecule has 0 aliphatic heterocycles. The highest BCUT2D eigenvalue weighted by Crippen LogP contribution is 2.18. The average Bonchev–Trinajstić information content (AvgIpc) is 2.90. The molecule has 0 heterocycles. The van der Waals surface area contributed by atoms with Gasteiger partial charge in [-0.2, -0.15) is 23.5 Å². The summed E-state index contributed by atoms with van der Waals surface area (Å²) in [6.45, 7) is 9.16. The molecule has 0 aliphatic rings. The fraction of sp³-hybridized carbons (Fsp3) is 0.621. The number of benzene rings is 1. The SMILES string of the molecule is CC[C@H](C)[C@H](NC(=O)[C@H](CC(C)C)NC(=O)[C@H](C)NC(=O)CCSCc1cccc(CSCCC(N)=O)c1)C(N)=O. The van der Waals surface area contributed by atoms with Gasteiger partial charge in [-0.3, -0.25) is 24.0 Å². The number of nitrogens with one attached hydrogen (secondary N) is 3. The van der Waals surface area contributed by atoms with E-state index in [2.05, 4.69) is 22.0 Å². The highest BCUT2D eigenvalue weighted by atomic mass is 32.2. The Labute approximate surface area is 252 Å². The lowest BCUT2D eigenvalue weighted by Crippen LogP contribution is -2.57. The van der Waals surface area contributed by atoms with E-state index in [0.29, 0.717) is 30.8 Å². The van der Waals surface area contributed by atoms with Crippen LogP contribution < -0.4 is 27.4 Å². The third-order valence-corrected chi connectivity index (χ3v) is 8.48. The van der Waals surface area contributed by atoms with Crippen LogP contribution in [-0.4, -0.2) is 59.2 Å². The summed E-state index contributed by atoms with van der Waals surface area (Å²) in [5.41, 5.74) is 13.0. The molecule has 0 unspecified atom stereocenters. The zero-order valence-electron chi connectivity index (χ0n) is 24.9. The molecule has 0 bridgehead atoms. The van der Waals surface area contributed by atoms with Crippen molar-refractivity contribution < 1.29 is 24.0 Å². The van der Waals surface area contributed by atoms with E-state index >= 15 is 0 Å². The van der Waals surface area contributed by atoms with Crippen molar-refractivity contribution in [2.75, 3.05) is 11.5 Å². The van der Waals surface area contributed by atoms with E-state index < -0.39 is 35.8 Å². The first-order valence-electron chi connectivity index (χ1n) is 14.0. The van der Waals surface area contributed by atoms with Gasteiger partial charge in [0, 0.05) is 35.9 Å². The van der Waals surface area contributed by atoms with Gasteiger partial charge in [0.05, 0.1) is 0 Å². The number of rotatable bonds is 20. The molecule has 0 radical (unpaired) electrons. The third kappa shape index (κ3) is 15.2. The van der Waals surface area contributed by atoms with E-state index in [1.807, 2.05) is 45.9 Å². The fourth-order valence-corrected chi connectivity index (χ4v) is 5.68. The maximum Gasteiger partial charge on any atom is 0.243 e. The average molecular weight is 610 g/mol. The van der Waals surface area contributed by atoms with Gasteiger partial charge in [0.15, 0.2) is 0 Å². The zero-order valence-corrected chi connectivity index (χ0v) is 26.5. The smallest absolute Gasteiger partial charge is 0.243 e. The minimum absolute atomic E-state index is 0.102. The normalized spacial score (nSPS) is 14.0. The lowest BCUT2D eigenvalue weighted by atomic mass is 9.97. The minimum Gasteiger partial charge on any atom is -0.370 e. The molecule has 1 aromatic carbocycles. The topological polar surface area (TPSA) is 173 Å². The van der Waals surface area contributed by atoms with Crippen molar-refractivity contribution in [3.05, 3.63) is 35.4 Å². The van der Waals surface area contributed by atoms with Crippen LogP contribution in [0.3, 0.4) is 0 Å². The maximum atomic E-state index is 13.0. The van der Waals surface area contributed by atoms with Crippen LogP contribution in [0.15, 0.2) is 24.3 Å². The molecule has 0 saturated heterocycles. The molecular formula is C29H47N5O5S2. The second-order valence-corrected chi connectivity index (χ2v) is 12.9. The van der Waals surface area contributed by atoms with E-state index in [9.17, 15) is 24.0 Å². The standard InChI is InChI=1S/C29H47N5O5S2/c1-6-19(4)26(27(31)37)34-29(39)23(14-18(2)3)33-28(38)20(5)32-25(36)11-13-41-17-22-9-7-8-21(15-22)16-40-12-10-24(30)35/h7-9,15,18-20,23,26H,6,10-14,16-17H2,1-5H3,(H2,30,35)(H2,31,37)(H,32,36)(H,33,38)(H,34,39)/t19-,20-,23-,26-/m0/s1. The number of hydrogen-bond acceptors (Lipinski definition) is 7. The number of amides is 5. The van der Waals surface area contributed by atoms with Gasteiger partial charge in [-0.05, 0) is 36.3 Å². The molecule has 4 atom stereocenters. The van der Waals surface area contributed by atoms with Crippen LogP contribution in [0.25, 0.3) is 0 Å². The van der Waals surface area contributed by atoms with Gasteiger partial charge in [0.2, 0.25) is 29.5 Å². The lowest BCUT2D eigenvalue weighted by molar-refractivity contribution is -0.133. The summed E-state index contributed by atoms with van der Waals surface area (Å²) in [7, 11) is 0. The lowest BCUT2D eigenvalue weighted by Gasteiger charge is -2.26. The van der Waals surface area contributed by atoms with Crippen molar-refractivity contribution in [2.24, 2.45) is 23.3 Å². The van der Waals surface area contributed by atoms with Gasteiger partial charge >= 0.3 is 0 Å². The largest absolute Gasteiger partial charge is 0.370 e. The predicted octanol–water partition coefficient (Wildman–Crippen LogP) is 2.47. The van der Waals surface area contributed by atoms with Crippen molar-refractivity contribution in [2.45, 2.75) is 89.9 Å². The second kappa shape index (κ2) is 19.4. The highest BCUT2D eigenvalue weighted by Gasteiger charge is 2.30. The van der Waals surface area contributed by atoms with Crippen molar-refractivity contribution in [1.82, 2.24) is 16.0 Å². The quantitative estimate of drug-likeness (QED) is 0.141. The molecule has 7 N–H and O–H groups in total. The number of hydrogen-bond donors (Lipinski definition) is 5. The van der Waals surface area contributed by atoms with Gasteiger partial charge in [-0.1, -0.05) is 58.4 Å². The number of nitrogens with two attached hydrogens (primary N) is 2. The number of thioether (sulfide) groups is 2. The molecule has 0 aliphatic carbocycles. The van der Waals surface area contributed by atoms with Crippen molar-refractivity contribution in [3.63, 3.8) is 0 Å². The first-order valence-corrected chi connectivity index (χ1v) is 16.4. The van der Waals surface area contributed by atoms with Crippen molar-refractivity contribution in [3.8, 4) is 0 Å². The van der Waals surface area contributed by atoms with E-state index in [-0.39, 0.29) is 30.1 Å². The fourth-order valence-electron chi connectivity index (χ4n) is 3.89. The van der Waals surface area contributed by atoms with Crippen LogP contribution in [0.2, 0.25) is 0 Å². The molecule has 1 rings (SSSR count). The molecule has 10 nitrogen and oxygen atoms in total. The third-order valence-electron chi connectivity index (χ3n) is 6.42. The van der Waals surface area contributed by atoms with E-state index in [1.165, 1.54) is 5.56 Å². The number of carbonyl (C=O) groups is 5. The van der Waals surface area contributed by atoms with Gasteiger partial charge in [0.25, 0.3) is 0 Å². The Bertz CT molecular complexity index is 1020. The monoisotopic (exact) mass is 609 g/mol. The summed E-state index contributed by atoms with van der Waals surface area (Å²) in [6.07, 6.45) is 1.64. The molecule has 1 aromatic rings. The van der Waals surface area contributed by atoms with Gasteiger partial charge in [0.1, 0.15) is 18.1 Å². The Morgan fingerprint density at radius 1 is 0.829 bits per heavy atom. The Morgan fingerprint density at radius 2 is 1.41 bits per heavy atom. The summed E-state index contributed by atoms with van der Waals surface area (Å²) in [5.74, 6) is 0.664. The first kappa shape index (κ1) is 36.3. The van der Waals surface area contributed by atoms with E-state index in [1.54, 1.807) is 30.4 Å². The van der Waals surface area contributed by atoms with Crippen LogP contribution in [0.1, 0.15) is 71.4 Å². The van der Waals surface area contributed by atoms with Gasteiger partial charge in [-0.25, -0.2) is 0 Å². The number of primary amides is 2. The maximum absolute atomic E-state index is 13.0. The zero-order chi connectivity index (χ0) is 30.9. The van der Waals surface area contributed by atoms with Crippen LogP contribution in [0.4, 0.5) is 0 Å². The molecule has 0 spiro atoms. The highest BCUT2D eigenvalue weighted by molar-refractivity contribution is 7.98. The van der Waals surface area contributed by atoms with E-state index in [0.717, 1.165) is 17.1 Å². The van der Waals surface area contributed by atoms with Crippen LogP contribution in [0, 0.1) is 11.8 Å². The molecule has 12 heteroatoms. The second-order valence-electron chi connectivity index (χ2n) is 10.6. The molecule has 0 saturated carbocycles. The van der Waals surface area contributed by atoms with Crippen molar-refractivity contribution >= 4 is 53.1 Å². The first-order chi connectivity index (χ1) is 19.3.